The summed E-state index contributed by atoms with van der Waals surface area (Å²) in [4.78, 5) is 33.4. The van der Waals surface area contributed by atoms with Crippen molar-refractivity contribution in [2.45, 2.75) is 25.7 Å². The second kappa shape index (κ2) is 9.48. The SMILES string of the molecule is CCOc1cc([C@H]2[C@@H]3C(=O)N(c4ccc(F)cc4)C(=O)[C@H]3ON2C)ccc1OCc1ccccc1. The van der Waals surface area contributed by atoms with E-state index in [-0.39, 0.29) is 5.91 Å². The van der Waals surface area contributed by atoms with Crippen LogP contribution in [-0.4, -0.2) is 36.6 Å². The van der Waals surface area contributed by atoms with Gasteiger partial charge in [0.05, 0.1) is 24.3 Å². The van der Waals surface area contributed by atoms with Crippen molar-refractivity contribution in [1.29, 1.82) is 0 Å². The second-order valence-corrected chi connectivity index (χ2v) is 8.44. The fourth-order valence-corrected chi connectivity index (χ4v) is 4.64. The molecule has 3 aromatic carbocycles. The minimum atomic E-state index is -0.952. The number of hydrogen-bond donors (Lipinski definition) is 0. The molecule has 0 bridgehead atoms. The van der Waals surface area contributed by atoms with Crippen molar-refractivity contribution in [3.05, 3.63) is 89.7 Å². The number of nitrogens with zero attached hydrogens (tertiary/aromatic N) is 2. The van der Waals surface area contributed by atoms with Gasteiger partial charge in [-0.15, -0.1) is 0 Å². The molecule has 2 fully saturated rings. The number of halogens is 1. The third kappa shape index (κ3) is 4.26. The summed E-state index contributed by atoms with van der Waals surface area (Å²) in [6, 6.07) is 20.1. The average Bonchev–Trinajstić information content (AvgIpc) is 3.33. The maximum absolute atomic E-state index is 13.4. The topological polar surface area (TPSA) is 68.3 Å². The van der Waals surface area contributed by atoms with Gasteiger partial charge in [0.15, 0.2) is 17.6 Å². The van der Waals surface area contributed by atoms with Crippen LogP contribution in [0.15, 0.2) is 72.8 Å². The highest BCUT2D eigenvalue weighted by Crippen LogP contribution is 2.46. The van der Waals surface area contributed by atoms with Crippen LogP contribution in [0.2, 0.25) is 0 Å². The Bertz CT molecular complexity index is 1230. The molecule has 3 aromatic rings. The van der Waals surface area contributed by atoms with Crippen LogP contribution in [-0.2, 0) is 21.0 Å². The van der Waals surface area contributed by atoms with Gasteiger partial charge < -0.3 is 9.47 Å². The maximum Gasteiger partial charge on any atom is 0.265 e. The van der Waals surface area contributed by atoms with Crippen LogP contribution in [0.3, 0.4) is 0 Å². The Balaban J connectivity index is 1.42. The lowest BCUT2D eigenvalue weighted by Crippen LogP contribution is -2.36. The summed E-state index contributed by atoms with van der Waals surface area (Å²) >= 11 is 0. The second-order valence-electron chi connectivity index (χ2n) is 8.44. The summed E-state index contributed by atoms with van der Waals surface area (Å²) in [5.41, 5.74) is 2.11. The van der Waals surface area contributed by atoms with E-state index in [1.54, 1.807) is 12.1 Å². The molecule has 35 heavy (non-hydrogen) atoms. The van der Waals surface area contributed by atoms with Crippen LogP contribution >= 0.6 is 0 Å². The zero-order chi connectivity index (χ0) is 24.5. The Morgan fingerprint density at radius 3 is 2.37 bits per heavy atom. The molecule has 3 atom stereocenters. The van der Waals surface area contributed by atoms with E-state index in [1.165, 1.54) is 24.3 Å². The zero-order valence-electron chi connectivity index (χ0n) is 19.4. The number of imide groups is 1. The predicted molar refractivity (Wildman–Crippen MR) is 126 cm³/mol. The number of hydrogen-bond acceptors (Lipinski definition) is 6. The van der Waals surface area contributed by atoms with Crippen molar-refractivity contribution in [3.63, 3.8) is 0 Å². The smallest absolute Gasteiger partial charge is 0.265 e. The molecule has 180 valence electrons. The van der Waals surface area contributed by atoms with Crippen molar-refractivity contribution in [3.8, 4) is 11.5 Å². The summed E-state index contributed by atoms with van der Waals surface area (Å²) < 4.78 is 25.2. The first-order chi connectivity index (χ1) is 17.0. The number of fused-ring (bicyclic) bond motifs is 1. The Kier molecular flexibility index (Phi) is 6.23. The lowest BCUT2D eigenvalue weighted by Gasteiger charge is -2.25. The quantitative estimate of drug-likeness (QED) is 0.474. The Labute approximate surface area is 202 Å². The molecule has 0 N–H and O–H groups in total. The minimum Gasteiger partial charge on any atom is -0.490 e. The zero-order valence-corrected chi connectivity index (χ0v) is 19.4. The van der Waals surface area contributed by atoms with E-state index in [2.05, 4.69) is 0 Å². The van der Waals surface area contributed by atoms with E-state index in [1.807, 2.05) is 55.5 Å². The van der Waals surface area contributed by atoms with Crippen molar-refractivity contribution < 1.29 is 28.3 Å². The van der Waals surface area contributed by atoms with Crippen LogP contribution in [0.5, 0.6) is 11.5 Å². The summed E-state index contributed by atoms with van der Waals surface area (Å²) in [5, 5.41) is 1.54. The monoisotopic (exact) mass is 476 g/mol. The fraction of sp³-hybridized carbons (Fsp3) is 0.259. The molecule has 2 heterocycles. The minimum absolute atomic E-state index is 0.320. The molecule has 2 amide bonds. The van der Waals surface area contributed by atoms with Gasteiger partial charge in [-0.05, 0) is 54.4 Å². The first-order valence-corrected chi connectivity index (χ1v) is 11.4. The van der Waals surface area contributed by atoms with Crippen molar-refractivity contribution >= 4 is 17.5 Å². The molecule has 0 spiro atoms. The fourth-order valence-electron chi connectivity index (χ4n) is 4.64. The molecular formula is C27H25FN2O5. The number of carbonyl (C=O) groups excluding carboxylic acids is 2. The van der Waals surface area contributed by atoms with Gasteiger partial charge in [-0.1, -0.05) is 36.4 Å². The maximum atomic E-state index is 13.4. The third-order valence-corrected chi connectivity index (χ3v) is 6.24. The summed E-state index contributed by atoms with van der Waals surface area (Å²) in [5.74, 6) is -0.913. The van der Waals surface area contributed by atoms with Gasteiger partial charge in [-0.2, -0.15) is 5.06 Å². The summed E-state index contributed by atoms with van der Waals surface area (Å²) in [6.45, 7) is 2.70. The largest absolute Gasteiger partial charge is 0.490 e. The van der Waals surface area contributed by atoms with Crippen molar-refractivity contribution in [2.24, 2.45) is 5.92 Å². The number of rotatable bonds is 7. The highest BCUT2D eigenvalue weighted by molar-refractivity contribution is 6.23. The summed E-state index contributed by atoms with van der Waals surface area (Å²) in [7, 11) is 1.70. The van der Waals surface area contributed by atoms with E-state index in [9.17, 15) is 14.0 Å². The van der Waals surface area contributed by atoms with Gasteiger partial charge in [0, 0.05) is 7.05 Å². The highest BCUT2D eigenvalue weighted by Gasteiger charge is 2.59. The molecule has 2 aliphatic rings. The highest BCUT2D eigenvalue weighted by atomic mass is 19.1. The van der Waals surface area contributed by atoms with Gasteiger partial charge in [0.2, 0.25) is 5.91 Å². The number of ether oxygens (including phenoxy) is 2. The molecule has 0 unspecified atom stereocenters. The lowest BCUT2D eigenvalue weighted by atomic mass is 9.91. The average molecular weight is 477 g/mol. The standard InChI is InChI=1S/C27H25FN2O5/c1-3-33-22-15-18(9-14-21(22)34-16-17-7-5-4-6-8-17)24-23-25(35-29(24)2)27(32)30(26(23)31)20-12-10-19(28)11-13-20/h4-15,23-25H,3,16H2,1-2H3/t23-,24-,25-/m0/s1. The molecular weight excluding hydrogens is 451 g/mol. The predicted octanol–water partition coefficient (Wildman–Crippen LogP) is 4.28. The molecule has 0 aromatic heterocycles. The van der Waals surface area contributed by atoms with Crippen molar-refractivity contribution in [2.75, 3.05) is 18.6 Å². The van der Waals surface area contributed by atoms with E-state index >= 15 is 0 Å². The Hall–Kier alpha value is -3.75. The van der Waals surface area contributed by atoms with Crippen LogP contribution in [0.4, 0.5) is 10.1 Å². The molecule has 8 heteroatoms. The first kappa shape index (κ1) is 23.0. The van der Waals surface area contributed by atoms with Gasteiger partial charge in [-0.3, -0.25) is 14.4 Å². The number of hydroxylamine groups is 2. The van der Waals surface area contributed by atoms with E-state index in [0.29, 0.717) is 30.4 Å². The number of carbonyl (C=O) groups is 2. The van der Waals surface area contributed by atoms with Gasteiger partial charge in [0.25, 0.3) is 5.91 Å². The van der Waals surface area contributed by atoms with E-state index in [4.69, 9.17) is 14.3 Å². The first-order valence-electron chi connectivity index (χ1n) is 11.4. The van der Waals surface area contributed by atoms with Crippen LogP contribution < -0.4 is 14.4 Å². The van der Waals surface area contributed by atoms with E-state index < -0.39 is 29.8 Å². The molecule has 7 nitrogen and oxygen atoms in total. The normalized spacial score (nSPS) is 21.9. The van der Waals surface area contributed by atoms with Crippen molar-refractivity contribution in [1.82, 2.24) is 5.06 Å². The van der Waals surface area contributed by atoms with Gasteiger partial charge in [0.1, 0.15) is 12.4 Å². The lowest BCUT2D eigenvalue weighted by molar-refractivity contribution is -0.160. The van der Waals surface area contributed by atoms with E-state index in [0.717, 1.165) is 16.0 Å². The third-order valence-electron chi connectivity index (χ3n) is 6.24. The molecule has 5 rings (SSSR count). The number of amides is 2. The van der Waals surface area contributed by atoms with Gasteiger partial charge >= 0.3 is 0 Å². The molecule has 0 radical (unpaired) electrons. The Morgan fingerprint density at radius 1 is 0.914 bits per heavy atom. The molecule has 2 saturated heterocycles. The van der Waals surface area contributed by atoms with Crippen LogP contribution in [0.1, 0.15) is 24.1 Å². The molecule has 0 aliphatic carbocycles. The van der Waals surface area contributed by atoms with Crippen LogP contribution in [0.25, 0.3) is 0 Å². The van der Waals surface area contributed by atoms with Gasteiger partial charge in [-0.25, -0.2) is 9.29 Å². The number of anilines is 1. The molecule has 0 saturated carbocycles. The Morgan fingerprint density at radius 2 is 1.66 bits per heavy atom. The van der Waals surface area contributed by atoms with Crippen LogP contribution in [0, 0.1) is 11.7 Å². The summed E-state index contributed by atoms with van der Waals surface area (Å²) in [6.07, 6.45) is -0.952. The molecule has 2 aliphatic heterocycles. The number of benzene rings is 3.